The lowest BCUT2D eigenvalue weighted by Gasteiger charge is -2.13. The third-order valence-corrected chi connectivity index (χ3v) is 4.13. The Morgan fingerprint density at radius 1 is 0.958 bits per heavy atom. The van der Waals surface area contributed by atoms with Crippen LogP contribution < -0.4 is 10.6 Å². The molecule has 120 valence electrons. The summed E-state index contributed by atoms with van der Waals surface area (Å²) in [7, 11) is 0. The van der Waals surface area contributed by atoms with Crippen LogP contribution in [0, 0.1) is 0 Å². The molecule has 2 N–H and O–H groups in total. The van der Waals surface area contributed by atoms with Crippen molar-refractivity contribution < 1.29 is 4.79 Å². The number of pyridine rings is 1. The summed E-state index contributed by atoms with van der Waals surface area (Å²) in [5.74, 6) is -0.307. The Kier molecular flexibility index (Phi) is 5.13. The third kappa shape index (κ3) is 3.93. The van der Waals surface area contributed by atoms with E-state index in [0.717, 1.165) is 15.8 Å². The summed E-state index contributed by atoms with van der Waals surface area (Å²) in [5, 5.41) is 6.33. The number of benzene rings is 2. The topological polar surface area (TPSA) is 54.0 Å². The van der Waals surface area contributed by atoms with Crippen LogP contribution in [0.2, 0.25) is 5.15 Å². The van der Waals surface area contributed by atoms with E-state index in [-0.39, 0.29) is 11.1 Å². The number of aromatic nitrogens is 1. The van der Waals surface area contributed by atoms with Gasteiger partial charge in [0.2, 0.25) is 0 Å². The predicted octanol–water partition coefficient (Wildman–Crippen LogP) is 5.49. The first-order valence-corrected chi connectivity index (χ1v) is 8.34. The van der Waals surface area contributed by atoms with Crippen molar-refractivity contribution in [2.45, 2.75) is 0 Å². The Hall–Kier alpha value is -2.37. The fourth-order valence-electron chi connectivity index (χ4n) is 2.13. The molecule has 1 aromatic heterocycles. The van der Waals surface area contributed by atoms with Crippen molar-refractivity contribution >= 4 is 50.5 Å². The smallest absolute Gasteiger partial charge is 0.258 e. The van der Waals surface area contributed by atoms with Gasteiger partial charge < -0.3 is 10.6 Å². The number of halogens is 2. The van der Waals surface area contributed by atoms with Crippen LogP contribution in [0.4, 0.5) is 17.1 Å². The lowest BCUT2D eigenvalue weighted by Crippen LogP contribution is -2.14. The number of carbonyl (C=O) groups is 1. The molecule has 24 heavy (non-hydrogen) atoms. The maximum absolute atomic E-state index is 12.4. The van der Waals surface area contributed by atoms with E-state index in [1.807, 2.05) is 48.5 Å². The predicted molar refractivity (Wildman–Crippen MR) is 101 cm³/mol. The van der Waals surface area contributed by atoms with Gasteiger partial charge in [0.05, 0.1) is 16.9 Å². The Morgan fingerprint density at radius 2 is 1.67 bits per heavy atom. The van der Waals surface area contributed by atoms with E-state index in [2.05, 4.69) is 31.5 Å². The van der Waals surface area contributed by atoms with Crippen molar-refractivity contribution in [2.75, 3.05) is 10.6 Å². The monoisotopic (exact) mass is 401 g/mol. The summed E-state index contributed by atoms with van der Waals surface area (Å²) in [5.41, 5.74) is 2.69. The van der Waals surface area contributed by atoms with Crippen LogP contribution in [0.5, 0.6) is 0 Å². The zero-order valence-corrected chi connectivity index (χ0v) is 14.8. The molecule has 0 aliphatic rings. The van der Waals surface area contributed by atoms with Gasteiger partial charge in [-0.1, -0.05) is 39.7 Å². The summed E-state index contributed by atoms with van der Waals surface area (Å²) in [4.78, 5) is 16.3. The first-order valence-electron chi connectivity index (χ1n) is 7.17. The molecule has 0 spiro atoms. The van der Waals surface area contributed by atoms with E-state index in [1.165, 1.54) is 0 Å². The molecule has 0 aliphatic heterocycles. The summed E-state index contributed by atoms with van der Waals surface area (Å²) in [6, 6.07) is 18.6. The number of nitrogens with zero attached hydrogens (tertiary/aromatic N) is 1. The van der Waals surface area contributed by atoms with Crippen molar-refractivity contribution in [3.8, 4) is 0 Å². The summed E-state index contributed by atoms with van der Waals surface area (Å²) in [6.07, 6.45) is 1.54. The second-order valence-corrected chi connectivity index (χ2v) is 6.25. The highest BCUT2D eigenvalue weighted by molar-refractivity contribution is 9.10. The van der Waals surface area contributed by atoms with Crippen LogP contribution in [-0.4, -0.2) is 10.9 Å². The SMILES string of the molecule is O=C(Nc1ccccc1Nc1ccc(Br)cc1)c1cccnc1Cl. The van der Waals surface area contributed by atoms with Crippen molar-refractivity contribution in [3.63, 3.8) is 0 Å². The number of hydrogen-bond donors (Lipinski definition) is 2. The van der Waals surface area contributed by atoms with E-state index < -0.39 is 0 Å². The quantitative estimate of drug-likeness (QED) is 0.567. The number of hydrogen-bond acceptors (Lipinski definition) is 3. The lowest BCUT2D eigenvalue weighted by atomic mass is 10.2. The van der Waals surface area contributed by atoms with Crippen LogP contribution in [0.25, 0.3) is 0 Å². The molecule has 0 radical (unpaired) electrons. The highest BCUT2D eigenvalue weighted by Gasteiger charge is 2.12. The highest BCUT2D eigenvalue weighted by Crippen LogP contribution is 2.27. The Bertz CT molecular complexity index is 868. The van der Waals surface area contributed by atoms with Crippen LogP contribution >= 0.6 is 27.5 Å². The van der Waals surface area contributed by atoms with E-state index in [9.17, 15) is 4.79 Å². The van der Waals surface area contributed by atoms with Gasteiger partial charge >= 0.3 is 0 Å². The van der Waals surface area contributed by atoms with E-state index >= 15 is 0 Å². The van der Waals surface area contributed by atoms with Gasteiger partial charge in [-0.25, -0.2) is 4.98 Å². The molecule has 0 unspecified atom stereocenters. The van der Waals surface area contributed by atoms with Gasteiger partial charge in [-0.05, 0) is 48.5 Å². The molecule has 1 heterocycles. The highest BCUT2D eigenvalue weighted by atomic mass is 79.9. The number of amides is 1. The molecule has 3 aromatic rings. The molecule has 0 fully saturated rings. The third-order valence-electron chi connectivity index (χ3n) is 3.30. The standard InChI is InChI=1S/C18H13BrClN3O/c19-12-7-9-13(10-8-12)22-15-5-1-2-6-16(15)23-18(24)14-4-3-11-21-17(14)20/h1-11,22H,(H,23,24). The van der Waals surface area contributed by atoms with Crippen LogP contribution in [-0.2, 0) is 0 Å². The molecule has 0 saturated heterocycles. The summed E-state index contributed by atoms with van der Waals surface area (Å²) >= 11 is 9.39. The van der Waals surface area contributed by atoms with Gasteiger partial charge in [-0.15, -0.1) is 0 Å². The summed E-state index contributed by atoms with van der Waals surface area (Å²) < 4.78 is 1.00. The molecule has 4 nitrogen and oxygen atoms in total. The Morgan fingerprint density at radius 3 is 2.38 bits per heavy atom. The number of rotatable bonds is 4. The maximum Gasteiger partial charge on any atom is 0.258 e. The van der Waals surface area contributed by atoms with Gasteiger partial charge in [0.1, 0.15) is 5.15 Å². The minimum atomic E-state index is -0.307. The van der Waals surface area contributed by atoms with E-state index in [0.29, 0.717) is 11.3 Å². The van der Waals surface area contributed by atoms with E-state index in [1.54, 1.807) is 18.3 Å². The van der Waals surface area contributed by atoms with E-state index in [4.69, 9.17) is 11.6 Å². The number of anilines is 3. The van der Waals surface area contributed by atoms with Crippen LogP contribution in [0.3, 0.4) is 0 Å². The zero-order chi connectivity index (χ0) is 16.9. The molecular formula is C18H13BrClN3O. The molecule has 0 atom stereocenters. The average Bonchev–Trinajstić information content (AvgIpc) is 2.59. The minimum Gasteiger partial charge on any atom is -0.354 e. The lowest BCUT2D eigenvalue weighted by molar-refractivity contribution is 0.102. The molecule has 3 rings (SSSR count). The molecule has 6 heteroatoms. The maximum atomic E-state index is 12.4. The van der Waals surface area contributed by atoms with Crippen molar-refractivity contribution in [2.24, 2.45) is 0 Å². The number of nitrogens with one attached hydrogen (secondary N) is 2. The van der Waals surface area contributed by atoms with Gasteiger partial charge in [-0.2, -0.15) is 0 Å². The fraction of sp³-hybridized carbons (Fsp3) is 0. The van der Waals surface area contributed by atoms with Crippen LogP contribution in [0.1, 0.15) is 10.4 Å². The fourth-order valence-corrected chi connectivity index (χ4v) is 2.60. The first kappa shape index (κ1) is 16.5. The second-order valence-electron chi connectivity index (χ2n) is 4.97. The molecule has 0 aliphatic carbocycles. The molecule has 0 saturated carbocycles. The first-order chi connectivity index (χ1) is 11.6. The molecule has 0 bridgehead atoms. The molecule has 2 aromatic carbocycles. The van der Waals surface area contributed by atoms with Gasteiger partial charge in [0, 0.05) is 16.4 Å². The van der Waals surface area contributed by atoms with Crippen molar-refractivity contribution in [1.29, 1.82) is 0 Å². The average molecular weight is 403 g/mol. The summed E-state index contributed by atoms with van der Waals surface area (Å²) in [6.45, 7) is 0. The second kappa shape index (κ2) is 7.47. The normalized spacial score (nSPS) is 10.2. The van der Waals surface area contributed by atoms with Gasteiger partial charge in [0.25, 0.3) is 5.91 Å². The zero-order valence-electron chi connectivity index (χ0n) is 12.5. The number of para-hydroxylation sites is 2. The molecular weight excluding hydrogens is 390 g/mol. The Labute approximate surface area is 153 Å². The van der Waals surface area contributed by atoms with Gasteiger partial charge in [0.15, 0.2) is 0 Å². The molecule has 1 amide bonds. The largest absolute Gasteiger partial charge is 0.354 e. The van der Waals surface area contributed by atoms with Crippen molar-refractivity contribution in [1.82, 2.24) is 4.98 Å². The Balaban J connectivity index is 1.83. The minimum absolute atomic E-state index is 0.174. The van der Waals surface area contributed by atoms with Crippen LogP contribution in [0.15, 0.2) is 71.3 Å². The number of carbonyl (C=O) groups excluding carboxylic acids is 1. The van der Waals surface area contributed by atoms with Crippen molar-refractivity contribution in [3.05, 3.63) is 82.0 Å². The van der Waals surface area contributed by atoms with Gasteiger partial charge in [-0.3, -0.25) is 4.79 Å².